The third-order valence-corrected chi connectivity index (χ3v) is 5.60. The molecule has 0 spiro atoms. The molecule has 2 aromatic rings. The molecule has 1 amide bonds. The Kier molecular flexibility index (Phi) is 6.24. The van der Waals surface area contributed by atoms with Crippen LogP contribution in [0, 0.1) is 0 Å². The van der Waals surface area contributed by atoms with Crippen LogP contribution in [0.15, 0.2) is 60.7 Å². The summed E-state index contributed by atoms with van der Waals surface area (Å²) in [4.78, 5) is 17.2. The second kappa shape index (κ2) is 9.22. The molecule has 148 valence electrons. The van der Waals surface area contributed by atoms with E-state index < -0.39 is 0 Å². The Morgan fingerprint density at radius 1 is 1.00 bits per heavy atom. The maximum Gasteiger partial charge on any atom is 0.222 e. The Bertz CT molecular complexity index is 753. The molecule has 4 rings (SSSR count). The SMILES string of the molecule is O=C(CCCOc1ccccc1)N1CCN2[C@@H](COC[C@@H]2c2ccccc2)C1. The summed E-state index contributed by atoms with van der Waals surface area (Å²) < 4.78 is 11.6. The van der Waals surface area contributed by atoms with E-state index in [-0.39, 0.29) is 18.0 Å². The van der Waals surface area contributed by atoms with E-state index in [1.165, 1.54) is 5.56 Å². The molecule has 2 aromatic carbocycles. The van der Waals surface area contributed by atoms with Gasteiger partial charge in [0.15, 0.2) is 0 Å². The number of carbonyl (C=O) groups excluding carboxylic acids is 1. The first-order valence-electron chi connectivity index (χ1n) is 10.2. The van der Waals surface area contributed by atoms with E-state index in [1.54, 1.807) is 0 Å². The molecule has 0 unspecified atom stereocenters. The lowest BCUT2D eigenvalue weighted by molar-refractivity contribution is -0.140. The molecular weight excluding hydrogens is 352 g/mol. The number of carbonyl (C=O) groups is 1. The van der Waals surface area contributed by atoms with Gasteiger partial charge in [-0.1, -0.05) is 48.5 Å². The van der Waals surface area contributed by atoms with Crippen LogP contribution in [0.1, 0.15) is 24.4 Å². The third-order valence-electron chi connectivity index (χ3n) is 5.60. The smallest absolute Gasteiger partial charge is 0.222 e. The zero-order valence-electron chi connectivity index (χ0n) is 16.2. The first kappa shape index (κ1) is 19.0. The minimum Gasteiger partial charge on any atom is -0.494 e. The lowest BCUT2D eigenvalue weighted by Gasteiger charge is -2.48. The molecule has 0 aliphatic carbocycles. The number of nitrogens with zero attached hydrogens (tertiary/aromatic N) is 2. The lowest BCUT2D eigenvalue weighted by Crippen LogP contribution is -2.60. The largest absolute Gasteiger partial charge is 0.494 e. The quantitative estimate of drug-likeness (QED) is 0.722. The molecule has 0 radical (unpaired) electrons. The molecule has 2 aliphatic rings. The van der Waals surface area contributed by atoms with Gasteiger partial charge < -0.3 is 14.4 Å². The molecule has 5 heteroatoms. The Hall–Kier alpha value is -2.37. The van der Waals surface area contributed by atoms with Crippen molar-refractivity contribution in [3.63, 3.8) is 0 Å². The second-order valence-corrected chi connectivity index (χ2v) is 7.46. The highest BCUT2D eigenvalue weighted by Crippen LogP contribution is 2.29. The van der Waals surface area contributed by atoms with Crippen molar-refractivity contribution in [1.29, 1.82) is 0 Å². The summed E-state index contributed by atoms with van der Waals surface area (Å²) in [6.45, 7) is 4.44. The van der Waals surface area contributed by atoms with Crippen LogP contribution in [0.3, 0.4) is 0 Å². The van der Waals surface area contributed by atoms with Crippen LogP contribution in [0.25, 0.3) is 0 Å². The molecule has 0 aromatic heterocycles. The minimum absolute atomic E-state index is 0.221. The number of hydrogen-bond donors (Lipinski definition) is 0. The maximum absolute atomic E-state index is 12.6. The van der Waals surface area contributed by atoms with E-state index >= 15 is 0 Å². The van der Waals surface area contributed by atoms with Crippen molar-refractivity contribution in [3.05, 3.63) is 66.2 Å². The van der Waals surface area contributed by atoms with Gasteiger partial charge in [0.05, 0.1) is 31.9 Å². The molecule has 0 bridgehead atoms. The normalized spacial score (nSPS) is 22.5. The number of piperazine rings is 1. The van der Waals surface area contributed by atoms with Gasteiger partial charge in [0.25, 0.3) is 0 Å². The summed E-state index contributed by atoms with van der Waals surface area (Å²) in [5, 5.41) is 0. The number of hydrogen-bond acceptors (Lipinski definition) is 4. The average molecular weight is 380 g/mol. The van der Waals surface area contributed by atoms with Crippen molar-refractivity contribution in [1.82, 2.24) is 9.80 Å². The fraction of sp³-hybridized carbons (Fsp3) is 0.435. The van der Waals surface area contributed by atoms with Crippen molar-refractivity contribution in [2.45, 2.75) is 24.9 Å². The molecule has 2 atom stereocenters. The summed E-state index contributed by atoms with van der Waals surface area (Å²) >= 11 is 0. The van der Waals surface area contributed by atoms with Gasteiger partial charge >= 0.3 is 0 Å². The van der Waals surface area contributed by atoms with Gasteiger partial charge in [-0.2, -0.15) is 0 Å². The Balaban J connectivity index is 1.26. The summed E-state index contributed by atoms with van der Waals surface area (Å²) in [6, 6.07) is 20.8. The molecule has 28 heavy (non-hydrogen) atoms. The Labute approximate surface area is 166 Å². The fourth-order valence-electron chi connectivity index (χ4n) is 4.12. The van der Waals surface area contributed by atoms with Gasteiger partial charge in [-0.25, -0.2) is 0 Å². The zero-order chi connectivity index (χ0) is 19.2. The van der Waals surface area contributed by atoms with Crippen LogP contribution in [0.4, 0.5) is 0 Å². The number of benzene rings is 2. The summed E-state index contributed by atoms with van der Waals surface area (Å²) in [7, 11) is 0. The standard InChI is InChI=1S/C23H28N2O3/c26-23(12-7-15-28-21-10-5-2-6-11-21)24-13-14-25-20(16-24)17-27-18-22(25)19-8-3-1-4-9-19/h1-6,8-11,20,22H,7,12-18H2/t20-,22-/m1/s1. The number of para-hydroxylation sites is 1. The summed E-state index contributed by atoms with van der Waals surface area (Å²) in [5.41, 5.74) is 1.30. The first-order valence-corrected chi connectivity index (χ1v) is 10.2. The molecule has 5 nitrogen and oxygen atoms in total. The van der Waals surface area contributed by atoms with Crippen LogP contribution < -0.4 is 4.74 Å². The molecular formula is C23H28N2O3. The number of fused-ring (bicyclic) bond motifs is 1. The summed E-state index contributed by atoms with van der Waals surface area (Å²) in [6.07, 6.45) is 1.27. The van der Waals surface area contributed by atoms with E-state index in [0.717, 1.165) is 38.4 Å². The van der Waals surface area contributed by atoms with Gasteiger partial charge in [-0.05, 0) is 24.1 Å². The topological polar surface area (TPSA) is 42.0 Å². The predicted octanol–water partition coefficient (Wildman–Crippen LogP) is 3.13. The number of ether oxygens (including phenoxy) is 2. The van der Waals surface area contributed by atoms with Gasteiger partial charge in [0.1, 0.15) is 5.75 Å². The zero-order valence-corrected chi connectivity index (χ0v) is 16.2. The van der Waals surface area contributed by atoms with Crippen LogP contribution >= 0.6 is 0 Å². The fourth-order valence-corrected chi connectivity index (χ4v) is 4.12. The van der Waals surface area contributed by atoms with Gasteiger partial charge in [0, 0.05) is 26.1 Å². The Morgan fingerprint density at radius 3 is 2.54 bits per heavy atom. The van der Waals surface area contributed by atoms with Crippen LogP contribution in [-0.2, 0) is 9.53 Å². The van der Waals surface area contributed by atoms with E-state index in [2.05, 4.69) is 29.2 Å². The number of morpholine rings is 1. The monoisotopic (exact) mass is 380 g/mol. The van der Waals surface area contributed by atoms with E-state index in [0.29, 0.717) is 19.6 Å². The van der Waals surface area contributed by atoms with E-state index in [4.69, 9.17) is 9.47 Å². The Morgan fingerprint density at radius 2 is 1.75 bits per heavy atom. The molecule has 2 aliphatic heterocycles. The van der Waals surface area contributed by atoms with Crippen LogP contribution in [0.5, 0.6) is 5.75 Å². The number of amides is 1. The highest BCUT2D eigenvalue weighted by molar-refractivity contribution is 5.76. The average Bonchev–Trinajstić information content (AvgIpc) is 2.77. The van der Waals surface area contributed by atoms with E-state index in [9.17, 15) is 4.79 Å². The van der Waals surface area contributed by atoms with Gasteiger partial charge in [-0.15, -0.1) is 0 Å². The molecule has 2 saturated heterocycles. The van der Waals surface area contributed by atoms with E-state index in [1.807, 2.05) is 41.3 Å². The minimum atomic E-state index is 0.221. The molecule has 0 N–H and O–H groups in total. The molecule has 2 fully saturated rings. The maximum atomic E-state index is 12.6. The van der Waals surface area contributed by atoms with Crippen LogP contribution in [-0.4, -0.2) is 61.2 Å². The summed E-state index contributed by atoms with van der Waals surface area (Å²) in [5.74, 6) is 1.08. The predicted molar refractivity (Wildman–Crippen MR) is 108 cm³/mol. The molecule has 2 heterocycles. The van der Waals surface area contributed by atoms with Crippen molar-refractivity contribution in [3.8, 4) is 5.75 Å². The highest BCUT2D eigenvalue weighted by Gasteiger charge is 2.37. The first-order chi connectivity index (χ1) is 13.8. The van der Waals surface area contributed by atoms with Gasteiger partial charge in [-0.3, -0.25) is 9.69 Å². The second-order valence-electron chi connectivity index (χ2n) is 7.46. The van der Waals surface area contributed by atoms with Gasteiger partial charge in [0.2, 0.25) is 5.91 Å². The van der Waals surface area contributed by atoms with Crippen molar-refractivity contribution in [2.75, 3.05) is 39.5 Å². The number of rotatable bonds is 6. The highest BCUT2D eigenvalue weighted by atomic mass is 16.5. The third kappa shape index (κ3) is 4.54. The van der Waals surface area contributed by atoms with Crippen molar-refractivity contribution < 1.29 is 14.3 Å². The van der Waals surface area contributed by atoms with Crippen molar-refractivity contribution in [2.24, 2.45) is 0 Å². The lowest BCUT2D eigenvalue weighted by atomic mass is 10.00. The molecule has 0 saturated carbocycles. The van der Waals surface area contributed by atoms with Crippen LogP contribution in [0.2, 0.25) is 0 Å². The van der Waals surface area contributed by atoms with Crippen molar-refractivity contribution >= 4 is 5.91 Å².